The largest absolute Gasteiger partial charge is 0.372 e. The van der Waals surface area contributed by atoms with Gasteiger partial charge in [0.05, 0.1) is 0 Å². The Morgan fingerprint density at radius 1 is 1.42 bits per heavy atom. The summed E-state index contributed by atoms with van der Waals surface area (Å²) in [5, 5.41) is 2.81. The Morgan fingerprint density at radius 2 is 2.11 bits per heavy atom. The molecule has 0 bridgehead atoms. The molecule has 0 spiro atoms. The molecule has 0 fully saturated rings. The van der Waals surface area contributed by atoms with E-state index in [1.165, 1.54) is 4.31 Å². The second-order valence-electron chi connectivity index (χ2n) is 4.28. The third-order valence-corrected chi connectivity index (χ3v) is 5.12. The molecule has 7 heteroatoms. The van der Waals surface area contributed by atoms with Gasteiger partial charge in [-0.3, -0.25) is 0 Å². The highest BCUT2D eigenvalue weighted by molar-refractivity contribution is 9.10. The monoisotopic (exact) mass is 349 g/mol. The van der Waals surface area contributed by atoms with E-state index in [2.05, 4.69) is 33.2 Å². The first-order valence-corrected chi connectivity index (χ1v) is 8.46. The Morgan fingerprint density at radius 3 is 2.68 bits per heavy atom. The van der Waals surface area contributed by atoms with Crippen LogP contribution < -0.4 is 5.32 Å². The van der Waals surface area contributed by atoms with Crippen LogP contribution in [0, 0.1) is 0 Å². The SMILES string of the molecule is CCCCCN(C)S(=O)(=O)c1cc(Br)cnc1NC. The minimum atomic E-state index is -3.51. The van der Waals surface area contributed by atoms with Crippen molar-refractivity contribution in [2.75, 3.05) is 26.0 Å². The second-order valence-corrected chi connectivity index (χ2v) is 7.21. The smallest absolute Gasteiger partial charge is 0.246 e. The molecule has 0 saturated carbocycles. The van der Waals surface area contributed by atoms with Gasteiger partial charge >= 0.3 is 0 Å². The van der Waals surface area contributed by atoms with Gasteiger partial charge in [0.1, 0.15) is 10.7 Å². The van der Waals surface area contributed by atoms with Crippen LogP contribution in [0.4, 0.5) is 5.82 Å². The molecule has 0 amide bonds. The van der Waals surface area contributed by atoms with Gasteiger partial charge in [-0.05, 0) is 28.4 Å². The topological polar surface area (TPSA) is 62.3 Å². The quantitative estimate of drug-likeness (QED) is 0.768. The van der Waals surface area contributed by atoms with Crippen LogP contribution in [0.1, 0.15) is 26.2 Å². The zero-order chi connectivity index (χ0) is 14.5. The van der Waals surface area contributed by atoms with Gasteiger partial charge in [-0.2, -0.15) is 0 Å². The number of sulfonamides is 1. The molecule has 1 aromatic rings. The summed E-state index contributed by atoms with van der Waals surface area (Å²) in [5.74, 6) is 0.366. The fourth-order valence-electron chi connectivity index (χ4n) is 1.68. The van der Waals surface area contributed by atoms with E-state index in [-0.39, 0.29) is 4.90 Å². The normalized spacial score (nSPS) is 11.8. The van der Waals surface area contributed by atoms with E-state index in [1.54, 1.807) is 26.4 Å². The maximum atomic E-state index is 12.5. The number of aromatic nitrogens is 1. The lowest BCUT2D eigenvalue weighted by Gasteiger charge is -2.18. The number of halogens is 1. The second kappa shape index (κ2) is 7.21. The molecular weight excluding hydrogens is 330 g/mol. The molecule has 0 unspecified atom stereocenters. The Hall–Kier alpha value is -0.660. The number of unbranched alkanes of at least 4 members (excludes halogenated alkanes) is 2. The summed E-state index contributed by atoms with van der Waals surface area (Å²) in [4.78, 5) is 4.28. The third-order valence-electron chi connectivity index (χ3n) is 2.82. The van der Waals surface area contributed by atoms with E-state index >= 15 is 0 Å². The molecule has 0 aliphatic heterocycles. The van der Waals surface area contributed by atoms with Gasteiger partial charge in [-0.15, -0.1) is 0 Å². The van der Waals surface area contributed by atoms with Crippen LogP contribution in [-0.2, 0) is 10.0 Å². The molecule has 108 valence electrons. The zero-order valence-corrected chi connectivity index (χ0v) is 13.9. The van der Waals surface area contributed by atoms with Gasteiger partial charge in [0.15, 0.2) is 0 Å². The molecule has 0 aliphatic carbocycles. The third kappa shape index (κ3) is 4.15. The molecule has 0 atom stereocenters. The fraction of sp³-hybridized carbons (Fsp3) is 0.583. The maximum Gasteiger partial charge on any atom is 0.246 e. The maximum absolute atomic E-state index is 12.5. The summed E-state index contributed by atoms with van der Waals surface area (Å²) >= 11 is 3.26. The number of pyridine rings is 1. The van der Waals surface area contributed by atoms with Gasteiger partial charge < -0.3 is 5.32 Å². The van der Waals surface area contributed by atoms with Crippen LogP contribution in [0.2, 0.25) is 0 Å². The summed E-state index contributed by atoms with van der Waals surface area (Å²) in [5.41, 5.74) is 0. The highest BCUT2D eigenvalue weighted by atomic mass is 79.9. The molecule has 1 aromatic heterocycles. The van der Waals surface area contributed by atoms with Gasteiger partial charge in [0, 0.05) is 31.3 Å². The fourth-order valence-corrected chi connectivity index (χ4v) is 3.54. The van der Waals surface area contributed by atoms with Crippen molar-refractivity contribution >= 4 is 31.8 Å². The highest BCUT2D eigenvalue weighted by Crippen LogP contribution is 2.25. The lowest BCUT2D eigenvalue weighted by Crippen LogP contribution is -2.28. The van der Waals surface area contributed by atoms with Gasteiger partial charge in [-0.1, -0.05) is 19.8 Å². The molecule has 1 rings (SSSR count). The standard InChI is InChI=1S/C12H20BrN3O2S/c1-4-5-6-7-16(3)19(17,18)11-8-10(13)9-15-12(11)14-2/h8-9H,4-7H2,1-3H3,(H,14,15). The van der Waals surface area contributed by atoms with Gasteiger partial charge in [0.2, 0.25) is 10.0 Å². The summed E-state index contributed by atoms with van der Waals surface area (Å²) in [6, 6.07) is 1.57. The average Bonchev–Trinajstić information content (AvgIpc) is 2.38. The van der Waals surface area contributed by atoms with Crippen LogP contribution >= 0.6 is 15.9 Å². The Balaban J connectivity index is 3.02. The van der Waals surface area contributed by atoms with Crippen molar-refractivity contribution in [3.05, 3.63) is 16.7 Å². The van der Waals surface area contributed by atoms with Crippen LogP contribution in [0.3, 0.4) is 0 Å². The zero-order valence-electron chi connectivity index (χ0n) is 11.5. The lowest BCUT2D eigenvalue weighted by atomic mass is 10.2. The molecule has 0 saturated heterocycles. The summed E-state index contributed by atoms with van der Waals surface area (Å²) in [6.45, 7) is 2.61. The van der Waals surface area contributed by atoms with E-state index in [9.17, 15) is 8.42 Å². The average molecular weight is 350 g/mol. The van der Waals surface area contributed by atoms with Crippen molar-refractivity contribution < 1.29 is 8.42 Å². The van der Waals surface area contributed by atoms with Crippen molar-refractivity contribution in [2.24, 2.45) is 0 Å². The van der Waals surface area contributed by atoms with Crippen molar-refractivity contribution in [3.63, 3.8) is 0 Å². The first-order chi connectivity index (χ1) is 8.93. The van der Waals surface area contributed by atoms with Crippen molar-refractivity contribution in [3.8, 4) is 0 Å². The van der Waals surface area contributed by atoms with Crippen LogP contribution in [0.15, 0.2) is 21.6 Å². The Kier molecular flexibility index (Phi) is 6.22. The molecule has 1 heterocycles. The number of anilines is 1. The van der Waals surface area contributed by atoms with Crippen molar-refractivity contribution in [1.82, 2.24) is 9.29 Å². The van der Waals surface area contributed by atoms with Crippen molar-refractivity contribution in [1.29, 1.82) is 0 Å². The molecule has 0 radical (unpaired) electrons. The number of hydrogen-bond donors (Lipinski definition) is 1. The van der Waals surface area contributed by atoms with E-state index in [0.717, 1.165) is 19.3 Å². The Labute approximate surface area is 123 Å². The lowest BCUT2D eigenvalue weighted by molar-refractivity contribution is 0.454. The van der Waals surface area contributed by atoms with Crippen LogP contribution in [0.5, 0.6) is 0 Å². The number of nitrogens with zero attached hydrogens (tertiary/aromatic N) is 2. The van der Waals surface area contributed by atoms with Gasteiger partial charge in [-0.25, -0.2) is 17.7 Å². The van der Waals surface area contributed by atoms with Crippen molar-refractivity contribution in [2.45, 2.75) is 31.1 Å². The molecule has 1 N–H and O–H groups in total. The molecule has 0 aromatic carbocycles. The minimum absolute atomic E-state index is 0.198. The number of hydrogen-bond acceptors (Lipinski definition) is 4. The van der Waals surface area contributed by atoms with E-state index in [0.29, 0.717) is 16.8 Å². The number of nitrogens with one attached hydrogen (secondary N) is 1. The van der Waals surface area contributed by atoms with Crippen LogP contribution in [0.25, 0.3) is 0 Å². The Bertz CT molecular complexity index is 520. The molecular formula is C12H20BrN3O2S. The summed E-state index contributed by atoms with van der Waals surface area (Å²) in [7, 11) is -0.245. The summed E-state index contributed by atoms with van der Waals surface area (Å²) < 4.78 is 27.0. The molecule has 5 nitrogen and oxygen atoms in total. The van der Waals surface area contributed by atoms with E-state index in [1.807, 2.05) is 0 Å². The predicted octanol–water partition coefficient (Wildman–Crippen LogP) is 2.70. The minimum Gasteiger partial charge on any atom is -0.372 e. The first-order valence-electron chi connectivity index (χ1n) is 6.23. The van der Waals surface area contributed by atoms with Crippen LogP contribution in [-0.4, -0.2) is 38.3 Å². The highest BCUT2D eigenvalue weighted by Gasteiger charge is 2.24. The molecule has 0 aliphatic rings. The summed E-state index contributed by atoms with van der Waals surface area (Å²) in [6.07, 6.45) is 4.52. The number of rotatable bonds is 7. The molecule has 19 heavy (non-hydrogen) atoms. The van der Waals surface area contributed by atoms with E-state index in [4.69, 9.17) is 0 Å². The van der Waals surface area contributed by atoms with E-state index < -0.39 is 10.0 Å². The van der Waals surface area contributed by atoms with Gasteiger partial charge in [0.25, 0.3) is 0 Å². The first kappa shape index (κ1) is 16.4. The predicted molar refractivity (Wildman–Crippen MR) is 80.8 cm³/mol.